The van der Waals surface area contributed by atoms with E-state index in [1.807, 2.05) is 13.1 Å². The predicted molar refractivity (Wildman–Crippen MR) is 86.7 cm³/mol. The first-order valence-corrected chi connectivity index (χ1v) is 8.59. The van der Waals surface area contributed by atoms with Crippen molar-refractivity contribution in [3.63, 3.8) is 0 Å². The molecule has 0 aliphatic carbocycles. The van der Waals surface area contributed by atoms with Gasteiger partial charge < -0.3 is 5.32 Å². The van der Waals surface area contributed by atoms with Crippen LogP contribution in [0.3, 0.4) is 0 Å². The topological polar surface area (TPSA) is 71.1 Å². The van der Waals surface area contributed by atoms with E-state index in [1.165, 1.54) is 6.20 Å². The van der Waals surface area contributed by atoms with Gasteiger partial charge in [-0.3, -0.25) is 4.72 Å². The van der Waals surface area contributed by atoms with Crippen LogP contribution in [0, 0.1) is 6.92 Å². The summed E-state index contributed by atoms with van der Waals surface area (Å²) in [5, 5.41) is 3.01. The van der Waals surface area contributed by atoms with Gasteiger partial charge in [0.15, 0.2) is 0 Å². The number of pyridine rings is 1. The maximum atomic E-state index is 12.5. The predicted octanol–water partition coefficient (Wildman–Crippen LogP) is 2.67. The molecule has 21 heavy (non-hydrogen) atoms. The SMILES string of the molecule is CNCc1cc(Br)c(C)c(S(=O)(=O)Nc2ccccn2)c1. The van der Waals surface area contributed by atoms with Gasteiger partial charge in [0, 0.05) is 17.2 Å². The molecule has 2 rings (SSSR count). The largest absolute Gasteiger partial charge is 0.316 e. The van der Waals surface area contributed by atoms with Gasteiger partial charge in [0.2, 0.25) is 0 Å². The van der Waals surface area contributed by atoms with E-state index in [0.29, 0.717) is 17.9 Å². The summed E-state index contributed by atoms with van der Waals surface area (Å²) in [5.74, 6) is 0.298. The Bertz CT molecular complexity index is 733. The zero-order valence-electron chi connectivity index (χ0n) is 11.7. The Morgan fingerprint density at radius 3 is 2.67 bits per heavy atom. The molecular weight excluding hydrogens is 354 g/mol. The number of anilines is 1. The van der Waals surface area contributed by atoms with E-state index in [0.717, 1.165) is 10.0 Å². The van der Waals surface area contributed by atoms with Crippen molar-refractivity contribution in [2.24, 2.45) is 0 Å². The molecule has 1 aromatic carbocycles. The van der Waals surface area contributed by atoms with E-state index in [-0.39, 0.29) is 4.90 Å². The number of nitrogens with one attached hydrogen (secondary N) is 2. The summed E-state index contributed by atoms with van der Waals surface area (Å²) in [6, 6.07) is 8.64. The van der Waals surface area contributed by atoms with Gasteiger partial charge in [0.25, 0.3) is 10.0 Å². The normalized spacial score (nSPS) is 11.4. The lowest BCUT2D eigenvalue weighted by Gasteiger charge is -2.13. The van der Waals surface area contributed by atoms with E-state index in [2.05, 4.69) is 31.0 Å². The molecule has 0 aliphatic heterocycles. The molecule has 0 atom stereocenters. The maximum Gasteiger partial charge on any atom is 0.263 e. The number of benzene rings is 1. The third-order valence-corrected chi connectivity index (χ3v) is 5.24. The van der Waals surface area contributed by atoms with Crippen LogP contribution >= 0.6 is 15.9 Å². The Hall–Kier alpha value is -1.44. The van der Waals surface area contributed by atoms with Crippen molar-refractivity contribution >= 4 is 31.8 Å². The fraction of sp³-hybridized carbons (Fsp3) is 0.214. The Morgan fingerprint density at radius 2 is 2.05 bits per heavy atom. The summed E-state index contributed by atoms with van der Waals surface area (Å²) in [6.07, 6.45) is 1.54. The van der Waals surface area contributed by atoms with Crippen molar-refractivity contribution in [3.05, 3.63) is 52.1 Å². The number of hydrogen-bond donors (Lipinski definition) is 2. The Morgan fingerprint density at radius 1 is 1.29 bits per heavy atom. The van der Waals surface area contributed by atoms with Crippen LogP contribution in [0.2, 0.25) is 0 Å². The van der Waals surface area contributed by atoms with Crippen LogP contribution in [-0.2, 0) is 16.6 Å². The molecule has 0 amide bonds. The molecule has 5 nitrogen and oxygen atoms in total. The van der Waals surface area contributed by atoms with Gasteiger partial charge in [0.05, 0.1) is 4.90 Å². The first kappa shape index (κ1) is 15.9. The van der Waals surface area contributed by atoms with Crippen molar-refractivity contribution < 1.29 is 8.42 Å². The minimum atomic E-state index is -3.68. The molecule has 0 saturated carbocycles. The molecule has 0 radical (unpaired) electrons. The lowest BCUT2D eigenvalue weighted by Crippen LogP contribution is -2.16. The molecule has 112 valence electrons. The van der Waals surface area contributed by atoms with Gasteiger partial charge in [-0.25, -0.2) is 13.4 Å². The molecule has 2 aromatic rings. The van der Waals surface area contributed by atoms with Crippen LogP contribution in [0.25, 0.3) is 0 Å². The zero-order chi connectivity index (χ0) is 15.5. The van der Waals surface area contributed by atoms with Crippen LogP contribution in [0.15, 0.2) is 45.9 Å². The fourth-order valence-electron chi connectivity index (χ4n) is 1.91. The summed E-state index contributed by atoms with van der Waals surface area (Å²) >= 11 is 3.41. The van der Waals surface area contributed by atoms with E-state index in [4.69, 9.17) is 0 Å². The third kappa shape index (κ3) is 3.81. The van der Waals surface area contributed by atoms with Gasteiger partial charge >= 0.3 is 0 Å². The zero-order valence-corrected chi connectivity index (χ0v) is 14.1. The third-order valence-electron chi connectivity index (χ3n) is 2.93. The Kier molecular flexibility index (Phi) is 4.97. The molecule has 0 bridgehead atoms. The van der Waals surface area contributed by atoms with Crippen molar-refractivity contribution in [2.45, 2.75) is 18.4 Å². The van der Waals surface area contributed by atoms with Gasteiger partial charge in [-0.2, -0.15) is 0 Å². The minimum Gasteiger partial charge on any atom is -0.316 e. The number of halogens is 1. The highest BCUT2D eigenvalue weighted by molar-refractivity contribution is 9.10. The average molecular weight is 370 g/mol. The molecule has 0 spiro atoms. The quantitative estimate of drug-likeness (QED) is 0.849. The summed E-state index contributed by atoms with van der Waals surface area (Å²) < 4.78 is 28.3. The second kappa shape index (κ2) is 6.55. The highest BCUT2D eigenvalue weighted by Gasteiger charge is 2.20. The Balaban J connectivity index is 2.44. The van der Waals surface area contributed by atoms with Crippen molar-refractivity contribution in [1.29, 1.82) is 0 Å². The first-order valence-electron chi connectivity index (χ1n) is 6.31. The van der Waals surface area contributed by atoms with Crippen LogP contribution in [0.5, 0.6) is 0 Å². The number of aromatic nitrogens is 1. The minimum absolute atomic E-state index is 0.243. The molecule has 0 unspecified atom stereocenters. The second-order valence-corrected chi connectivity index (χ2v) is 7.06. The monoisotopic (exact) mass is 369 g/mol. The first-order chi connectivity index (χ1) is 9.94. The molecular formula is C14H16BrN3O2S. The van der Waals surface area contributed by atoms with Gasteiger partial charge in [-0.15, -0.1) is 0 Å². The molecule has 0 aliphatic rings. The summed E-state index contributed by atoms with van der Waals surface area (Å²) in [4.78, 5) is 4.23. The number of hydrogen-bond acceptors (Lipinski definition) is 4. The molecule has 2 N–H and O–H groups in total. The molecule has 0 saturated heterocycles. The number of nitrogens with zero attached hydrogens (tertiary/aromatic N) is 1. The van der Waals surface area contributed by atoms with Gasteiger partial charge in [-0.05, 0) is 49.4 Å². The summed E-state index contributed by atoms with van der Waals surface area (Å²) in [7, 11) is -1.86. The van der Waals surface area contributed by atoms with Gasteiger partial charge in [0.1, 0.15) is 5.82 Å². The average Bonchev–Trinajstić information content (AvgIpc) is 2.43. The standard InChI is InChI=1S/C14H16BrN3O2S/c1-10-12(15)7-11(9-16-2)8-13(10)21(19,20)18-14-5-3-4-6-17-14/h3-8,16H,9H2,1-2H3,(H,17,18). The smallest absolute Gasteiger partial charge is 0.263 e. The van der Waals surface area contributed by atoms with E-state index in [9.17, 15) is 8.42 Å². The highest BCUT2D eigenvalue weighted by atomic mass is 79.9. The summed E-state index contributed by atoms with van der Waals surface area (Å²) in [6.45, 7) is 2.35. The molecule has 7 heteroatoms. The van der Waals surface area contributed by atoms with E-state index in [1.54, 1.807) is 31.2 Å². The number of sulfonamides is 1. The molecule has 1 heterocycles. The molecule has 0 fully saturated rings. The summed E-state index contributed by atoms with van der Waals surface area (Å²) in [5.41, 5.74) is 1.55. The van der Waals surface area contributed by atoms with Crippen LogP contribution < -0.4 is 10.0 Å². The Labute approximate surface area is 133 Å². The van der Waals surface area contributed by atoms with Crippen molar-refractivity contribution in [1.82, 2.24) is 10.3 Å². The van der Waals surface area contributed by atoms with Crippen molar-refractivity contribution in [2.75, 3.05) is 11.8 Å². The number of rotatable bonds is 5. The van der Waals surface area contributed by atoms with Crippen LogP contribution in [0.4, 0.5) is 5.82 Å². The van der Waals surface area contributed by atoms with Crippen LogP contribution in [0.1, 0.15) is 11.1 Å². The highest BCUT2D eigenvalue weighted by Crippen LogP contribution is 2.27. The van der Waals surface area contributed by atoms with E-state index < -0.39 is 10.0 Å². The van der Waals surface area contributed by atoms with E-state index >= 15 is 0 Å². The lowest BCUT2D eigenvalue weighted by atomic mass is 10.1. The fourth-order valence-corrected chi connectivity index (χ4v) is 3.87. The van der Waals surface area contributed by atoms with Crippen molar-refractivity contribution in [3.8, 4) is 0 Å². The molecule has 1 aromatic heterocycles. The van der Waals surface area contributed by atoms with Gasteiger partial charge in [-0.1, -0.05) is 22.0 Å². The maximum absolute atomic E-state index is 12.5. The van der Waals surface area contributed by atoms with Crippen LogP contribution in [-0.4, -0.2) is 20.4 Å². The second-order valence-electron chi connectivity index (χ2n) is 4.55. The lowest BCUT2D eigenvalue weighted by molar-refractivity contribution is 0.600.